The molecule has 3 aromatic heterocycles. The normalized spacial score (nSPS) is 17.0. The van der Waals surface area contributed by atoms with Crippen LogP contribution < -0.4 is 19.7 Å². The first-order valence-corrected chi connectivity index (χ1v) is 14.9. The average molecular weight is 597 g/mol. The number of carbonyl (C=O) groups is 2. The second-order valence-corrected chi connectivity index (χ2v) is 11.3. The van der Waals surface area contributed by atoms with Crippen molar-refractivity contribution in [3.8, 4) is 17.4 Å². The third-order valence-electron chi connectivity index (χ3n) is 7.88. The highest BCUT2D eigenvalue weighted by atomic mass is 16.6. The van der Waals surface area contributed by atoms with E-state index in [9.17, 15) is 9.59 Å². The molecule has 0 aliphatic carbocycles. The number of benzene rings is 1. The van der Waals surface area contributed by atoms with Crippen LogP contribution in [-0.4, -0.2) is 80.1 Å². The monoisotopic (exact) mass is 596 g/mol. The van der Waals surface area contributed by atoms with Gasteiger partial charge in [0.25, 0.3) is 5.91 Å². The van der Waals surface area contributed by atoms with Crippen LogP contribution in [-0.2, 0) is 4.79 Å². The summed E-state index contributed by atoms with van der Waals surface area (Å²) in [5, 5.41) is 3.14. The number of carbonyl (C=O) groups excluding carboxylic acids is 2. The lowest BCUT2D eigenvalue weighted by atomic mass is 10.0. The number of nitrogens with one attached hydrogen (secondary N) is 1. The van der Waals surface area contributed by atoms with Gasteiger partial charge in [0.2, 0.25) is 11.9 Å². The predicted molar refractivity (Wildman–Crippen MR) is 163 cm³/mol. The van der Waals surface area contributed by atoms with Gasteiger partial charge in [0.1, 0.15) is 25.4 Å². The van der Waals surface area contributed by atoms with E-state index in [1.807, 2.05) is 31.2 Å². The van der Waals surface area contributed by atoms with Crippen LogP contribution in [0.15, 0.2) is 67.5 Å². The Balaban J connectivity index is 1.26. The molecule has 2 unspecified atom stereocenters. The topological polar surface area (TPSA) is 128 Å². The number of piperazine rings is 1. The molecule has 12 heteroatoms. The first kappa shape index (κ1) is 29.1. The van der Waals surface area contributed by atoms with Crippen LogP contribution in [0.25, 0.3) is 5.95 Å². The summed E-state index contributed by atoms with van der Waals surface area (Å²) in [5.41, 5.74) is 2.31. The van der Waals surface area contributed by atoms with Crippen molar-refractivity contribution in [2.24, 2.45) is 0 Å². The molecule has 4 aromatic rings. The molecule has 0 bridgehead atoms. The summed E-state index contributed by atoms with van der Waals surface area (Å²) in [5.74, 6) is 2.50. The Morgan fingerprint density at radius 3 is 2.59 bits per heavy atom. The van der Waals surface area contributed by atoms with E-state index in [1.165, 1.54) is 0 Å². The number of imidazole rings is 1. The van der Waals surface area contributed by atoms with E-state index in [-0.39, 0.29) is 36.2 Å². The third kappa shape index (κ3) is 6.34. The van der Waals surface area contributed by atoms with E-state index in [0.29, 0.717) is 61.7 Å². The fourth-order valence-electron chi connectivity index (χ4n) is 5.49. The summed E-state index contributed by atoms with van der Waals surface area (Å²) in [7, 11) is 0. The largest absolute Gasteiger partial charge is 0.486 e. The van der Waals surface area contributed by atoms with E-state index in [1.54, 1.807) is 52.7 Å². The molecule has 44 heavy (non-hydrogen) atoms. The van der Waals surface area contributed by atoms with Crippen molar-refractivity contribution < 1.29 is 19.1 Å². The molecule has 5 heterocycles. The van der Waals surface area contributed by atoms with Crippen LogP contribution in [0.4, 0.5) is 5.82 Å². The Kier molecular flexibility index (Phi) is 8.40. The van der Waals surface area contributed by atoms with Crippen LogP contribution in [0.5, 0.6) is 11.5 Å². The lowest BCUT2D eigenvalue weighted by molar-refractivity contribution is -0.122. The molecule has 1 fully saturated rings. The molecule has 12 nitrogen and oxygen atoms in total. The maximum Gasteiger partial charge on any atom is 0.255 e. The zero-order valence-corrected chi connectivity index (χ0v) is 25.1. The molecule has 1 N–H and O–H groups in total. The number of hydrogen-bond acceptors (Lipinski definition) is 9. The highest BCUT2D eigenvalue weighted by molar-refractivity contribution is 5.94. The number of rotatable bonds is 8. The van der Waals surface area contributed by atoms with Crippen LogP contribution in [0.2, 0.25) is 0 Å². The predicted octanol–water partition coefficient (Wildman–Crippen LogP) is 3.55. The van der Waals surface area contributed by atoms with Gasteiger partial charge in [0.05, 0.1) is 23.3 Å². The number of aromatic nitrogens is 5. The second kappa shape index (κ2) is 12.7. The van der Waals surface area contributed by atoms with E-state index in [4.69, 9.17) is 19.4 Å². The molecule has 2 amide bonds. The molecule has 2 atom stereocenters. The van der Waals surface area contributed by atoms with Crippen molar-refractivity contribution in [3.05, 3.63) is 84.3 Å². The summed E-state index contributed by atoms with van der Waals surface area (Å²) in [6.45, 7) is 8.44. The first-order chi connectivity index (χ1) is 21.4. The molecule has 6 rings (SSSR count). The molecule has 228 valence electrons. The fraction of sp³-hybridized carbons (Fsp3) is 0.375. The number of fused-ring (bicyclic) bond motifs is 1. The molecule has 0 spiro atoms. The molecule has 1 aromatic carbocycles. The molecule has 1 saturated heterocycles. The number of pyridine rings is 1. The highest BCUT2D eigenvalue weighted by Gasteiger charge is 2.33. The van der Waals surface area contributed by atoms with Crippen LogP contribution >= 0.6 is 0 Å². The van der Waals surface area contributed by atoms with Gasteiger partial charge in [-0.25, -0.2) is 9.97 Å². The Labute approximate surface area is 256 Å². The fourth-order valence-corrected chi connectivity index (χ4v) is 5.49. The smallest absolute Gasteiger partial charge is 0.255 e. The summed E-state index contributed by atoms with van der Waals surface area (Å²) in [4.78, 5) is 48.8. The lowest BCUT2D eigenvalue weighted by Gasteiger charge is -2.42. The van der Waals surface area contributed by atoms with E-state index in [2.05, 4.69) is 34.0 Å². The summed E-state index contributed by atoms with van der Waals surface area (Å²) in [6.07, 6.45) is 8.53. The minimum Gasteiger partial charge on any atom is -0.486 e. The Morgan fingerprint density at radius 2 is 1.84 bits per heavy atom. The second-order valence-electron chi connectivity index (χ2n) is 11.3. The summed E-state index contributed by atoms with van der Waals surface area (Å²) < 4.78 is 13.1. The molecule has 0 radical (unpaired) electrons. The van der Waals surface area contributed by atoms with Gasteiger partial charge in [-0.2, -0.15) is 4.98 Å². The molecule has 0 saturated carbocycles. The maximum absolute atomic E-state index is 13.6. The SMILES string of the molecule is CC(C)c1cc(N2CCN(C(=O)c3cccnc3)CC2CC(=O)NC(C)c2ccc3c(c2)OCCO3)nc(-n2ccnc2)n1. The Hall–Kier alpha value is -5.00. The number of anilines is 1. The van der Waals surface area contributed by atoms with Crippen molar-refractivity contribution >= 4 is 17.6 Å². The zero-order chi connectivity index (χ0) is 30.6. The maximum atomic E-state index is 13.6. The standard InChI is InChI=1S/C32H36N8O4/c1-21(2)26-17-29(37-32(36-26)39-10-9-34-20-39)40-12-11-38(31(42)24-5-4-8-33-18-24)19-25(40)16-30(41)35-22(3)23-6-7-27-28(15-23)44-14-13-43-27/h4-10,15,17-18,20-22,25H,11-14,16,19H2,1-3H3,(H,35,41). The molecular formula is C32H36N8O4. The number of ether oxygens (including phenoxy) is 2. The van der Waals surface area contributed by atoms with Crippen molar-refractivity contribution in [3.63, 3.8) is 0 Å². The van der Waals surface area contributed by atoms with Gasteiger partial charge in [0, 0.05) is 56.9 Å². The van der Waals surface area contributed by atoms with Gasteiger partial charge in [-0.1, -0.05) is 19.9 Å². The van der Waals surface area contributed by atoms with Crippen molar-refractivity contribution in [1.82, 2.24) is 34.7 Å². The van der Waals surface area contributed by atoms with Gasteiger partial charge < -0.3 is 24.6 Å². The quantitative estimate of drug-likeness (QED) is 0.325. The van der Waals surface area contributed by atoms with Gasteiger partial charge in [-0.05, 0) is 42.7 Å². The van der Waals surface area contributed by atoms with Crippen LogP contribution in [0.3, 0.4) is 0 Å². The van der Waals surface area contributed by atoms with E-state index < -0.39 is 0 Å². The third-order valence-corrected chi connectivity index (χ3v) is 7.88. The van der Waals surface area contributed by atoms with Gasteiger partial charge in [-0.3, -0.25) is 19.1 Å². The number of nitrogens with zero attached hydrogens (tertiary/aromatic N) is 7. The molecular weight excluding hydrogens is 560 g/mol. The van der Waals surface area contributed by atoms with Crippen LogP contribution in [0, 0.1) is 0 Å². The number of amides is 2. The minimum atomic E-state index is -0.331. The highest BCUT2D eigenvalue weighted by Crippen LogP contribution is 2.33. The van der Waals surface area contributed by atoms with Crippen molar-refractivity contribution in [2.45, 2.75) is 45.2 Å². The zero-order valence-electron chi connectivity index (χ0n) is 25.1. The lowest BCUT2D eigenvalue weighted by Crippen LogP contribution is -2.56. The first-order valence-electron chi connectivity index (χ1n) is 14.9. The van der Waals surface area contributed by atoms with Crippen LogP contribution in [0.1, 0.15) is 60.8 Å². The van der Waals surface area contributed by atoms with Gasteiger partial charge in [0.15, 0.2) is 11.5 Å². The minimum absolute atomic E-state index is 0.113. The van der Waals surface area contributed by atoms with Crippen molar-refractivity contribution in [2.75, 3.05) is 37.7 Å². The molecule has 2 aliphatic rings. The summed E-state index contributed by atoms with van der Waals surface area (Å²) in [6, 6.07) is 10.6. The average Bonchev–Trinajstić information content (AvgIpc) is 3.60. The van der Waals surface area contributed by atoms with Gasteiger partial charge in [-0.15, -0.1) is 0 Å². The summed E-state index contributed by atoms with van der Waals surface area (Å²) >= 11 is 0. The van der Waals surface area contributed by atoms with Gasteiger partial charge >= 0.3 is 0 Å². The number of hydrogen-bond donors (Lipinski definition) is 1. The molecule has 2 aliphatic heterocycles. The Morgan fingerprint density at radius 1 is 1.00 bits per heavy atom. The van der Waals surface area contributed by atoms with E-state index in [0.717, 1.165) is 11.3 Å². The van der Waals surface area contributed by atoms with E-state index >= 15 is 0 Å². The Bertz CT molecular complexity index is 1610. The van der Waals surface area contributed by atoms with Crippen molar-refractivity contribution in [1.29, 1.82) is 0 Å².